The molecule has 1 aliphatic rings. The predicted octanol–water partition coefficient (Wildman–Crippen LogP) is 3.22. The van der Waals surface area contributed by atoms with Crippen molar-refractivity contribution in [3.05, 3.63) is 30.5 Å². The summed E-state index contributed by atoms with van der Waals surface area (Å²) in [5, 5.41) is 5.60. The van der Waals surface area contributed by atoms with E-state index in [1.165, 1.54) is 6.42 Å². The predicted molar refractivity (Wildman–Crippen MR) is 80.4 cm³/mol. The van der Waals surface area contributed by atoms with Crippen LogP contribution >= 0.6 is 0 Å². The van der Waals surface area contributed by atoms with E-state index in [4.69, 9.17) is 9.47 Å². The summed E-state index contributed by atoms with van der Waals surface area (Å²) in [7, 11) is 3.48. The topological polar surface area (TPSA) is 43.4 Å². The zero-order valence-electron chi connectivity index (χ0n) is 12.0. The van der Waals surface area contributed by atoms with Gasteiger partial charge in [-0.25, -0.2) is 4.98 Å². The fraction of sp³-hybridized carbons (Fsp3) is 0.438. The first-order chi connectivity index (χ1) is 9.78. The van der Waals surface area contributed by atoms with Crippen LogP contribution in [0.4, 0.5) is 5.82 Å². The Morgan fingerprint density at radius 2 is 2.05 bits per heavy atom. The maximum atomic E-state index is 5.64. The van der Waals surface area contributed by atoms with Crippen molar-refractivity contribution in [2.24, 2.45) is 0 Å². The van der Waals surface area contributed by atoms with Crippen molar-refractivity contribution in [1.82, 2.24) is 4.98 Å². The lowest BCUT2D eigenvalue weighted by molar-refractivity contribution is -0.0601. The third kappa shape index (κ3) is 2.20. The van der Waals surface area contributed by atoms with Gasteiger partial charge < -0.3 is 14.8 Å². The van der Waals surface area contributed by atoms with E-state index >= 15 is 0 Å². The molecule has 0 aliphatic heterocycles. The third-order valence-electron chi connectivity index (χ3n) is 4.26. The number of benzene rings is 1. The number of rotatable bonds is 5. The van der Waals surface area contributed by atoms with E-state index in [9.17, 15) is 0 Å². The second-order valence-electron chi connectivity index (χ2n) is 5.31. The fourth-order valence-corrected chi connectivity index (χ4v) is 2.77. The van der Waals surface area contributed by atoms with Gasteiger partial charge in [-0.3, -0.25) is 0 Å². The smallest absolute Gasteiger partial charge is 0.134 e. The van der Waals surface area contributed by atoms with Crippen LogP contribution in [0.2, 0.25) is 0 Å². The molecule has 0 amide bonds. The number of hydrogen-bond acceptors (Lipinski definition) is 4. The average Bonchev–Trinajstić information content (AvgIpc) is 2.46. The average molecular weight is 272 g/mol. The third-order valence-corrected chi connectivity index (χ3v) is 4.26. The summed E-state index contributed by atoms with van der Waals surface area (Å²) in [6.07, 6.45) is 5.29. The van der Waals surface area contributed by atoms with Crippen LogP contribution in [0.15, 0.2) is 30.5 Å². The van der Waals surface area contributed by atoms with Gasteiger partial charge in [0.15, 0.2) is 0 Å². The highest BCUT2D eigenvalue weighted by Crippen LogP contribution is 2.36. The summed E-state index contributed by atoms with van der Waals surface area (Å²) in [4.78, 5) is 4.46. The molecule has 4 heteroatoms. The van der Waals surface area contributed by atoms with Gasteiger partial charge in [0, 0.05) is 30.6 Å². The van der Waals surface area contributed by atoms with Crippen molar-refractivity contribution in [2.75, 3.05) is 26.1 Å². The summed E-state index contributed by atoms with van der Waals surface area (Å²) in [6.45, 7) is 0.798. The highest BCUT2D eigenvalue weighted by molar-refractivity contribution is 5.95. The maximum absolute atomic E-state index is 5.64. The van der Waals surface area contributed by atoms with Gasteiger partial charge in [-0.2, -0.15) is 0 Å². The molecule has 0 atom stereocenters. The molecule has 0 unspecified atom stereocenters. The molecule has 4 nitrogen and oxygen atoms in total. The second-order valence-corrected chi connectivity index (χ2v) is 5.31. The molecule has 1 aromatic heterocycles. The SMILES string of the molecule is COc1cccc2c(NCC3(OC)CCC3)nccc12. The molecular weight excluding hydrogens is 252 g/mol. The first kappa shape index (κ1) is 13.2. The number of hydrogen-bond donors (Lipinski definition) is 1. The number of fused-ring (bicyclic) bond motifs is 1. The molecule has 1 aromatic carbocycles. The molecule has 1 heterocycles. The Bertz CT molecular complexity index is 603. The second kappa shape index (κ2) is 5.29. The molecule has 0 saturated heterocycles. The largest absolute Gasteiger partial charge is 0.496 e. The Morgan fingerprint density at radius 1 is 1.20 bits per heavy atom. The first-order valence-electron chi connectivity index (χ1n) is 6.99. The lowest BCUT2D eigenvalue weighted by Crippen LogP contribution is -2.45. The highest BCUT2D eigenvalue weighted by atomic mass is 16.5. The van der Waals surface area contributed by atoms with Crippen molar-refractivity contribution >= 4 is 16.6 Å². The Hall–Kier alpha value is -1.81. The number of aromatic nitrogens is 1. The Balaban J connectivity index is 1.88. The summed E-state index contributed by atoms with van der Waals surface area (Å²) in [5.41, 5.74) is -0.0112. The molecule has 1 aliphatic carbocycles. The van der Waals surface area contributed by atoms with Crippen LogP contribution < -0.4 is 10.1 Å². The molecule has 106 valence electrons. The summed E-state index contributed by atoms with van der Waals surface area (Å²) < 4.78 is 11.0. The number of nitrogens with zero attached hydrogens (tertiary/aromatic N) is 1. The van der Waals surface area contributed by atoms with Gasteiger partial charge >= 0.3 is 0 Å². The van der Waals surface area contributed by atoms with Gasteiger partial charge in [0.2, 0.25) is 0 Å². The van der Waals surface area contributed by atoms with Crippen LogP contribution in [0.1, 0.15) is 19.3 Å². The zero-order valence-corrected chi connectivity index (χ0v) is 12.0. The minimum atomic E-state index is -0.0112. The van der Waals surface area contributed by atoms with E-state index in [0.29, 0.717) is 0 Å². The van der Waals surface area contributed by atoms with Crippen LogP contribution in [-0.2, 0) is 4.74 Å². The molecule has 1 fully saturated rings. The van der Waals surface area contributed by atoms with Gasteiger partial charge in [-0.1, -0.05) is 12.1 Å². The maximum Gasteiger partial charge on any atom is 0.134 e. The van der Waals surface area contributed by atoms with Crippen LogP contribution in [0.3, 0.4) is 0 Å². The summed E-state index contributed by atoms with van der Waals surface area (Å²) in [5.74, 6) is 1.77. The first-order valence-corrected chi connectivity index (χ1v) is 6.99. The number of pyridine rings is 1. The molecule has 1 saturated carbocycles. The van der Waals surface area contributed by atoms with E-state index < -0.39 is 0 Å². The van der Waals surface area contributed by atoms with Crippen LogP contribution in [0.5, 0.6) is 5.75 Å². The fourth-order valence-electron chi connectivity index (χ4n) is 2.77. The number of nitrogens with one attached hydrogen (secondary N) is 1. The number of methoxy groups -OCH3 is 2. The van der Waals surface area contributed by atoms with E-state index in [1.54, 1.807) is 14.2 Å². The van der Waals surface area contributed by atoms with Gasteiger partial charge in [0.05, 0.1) is 12.7 Å². The molecule has 0 radical (unpaired) electrons. The van der Waals surface area contributed by atoms with Crippen molar-refractivity contribution in [1.29, 1.82) is 0 Å². The van der Waals surface area contributed by atoms with E-state index in [1.807, 2.05) is 24.4 Å². The van der Waals surface area contributed by atoms with Gasteiger partial charge in [-0.05, 0) is 31.4 Å². The quantitative estimate of drug-likeness (QED) is 0.907. The molecular formula is C16H20N2O2. The van der Waals surface area contributed by atoms with Crippen molar-refractivity contribution in [2.45, 2.75) is 24.9 Å². The Kier molecular flexibility index (Phi) is 3.49. The van der Waals surface area contributed by atoms with Crippen molar-refractivity contribution in [3.8, 4) is 5.75 Å². The van der Waals surface area contributed by atoms with Crippen LogP contribution in [-0.4, -0.2) is 31.3 Å². The Morgan fingerprint density at radius 3 is 2.70 bits per heavy atom. The minimum Gasteiger partial charge on any atom is -0.496 e. The molecule has 1 N–H and O–H groups in total. The molecule has 20 heavy (non-hydrogen) atoms. The van der Waals surface area contributed by atoms with Crippen molar-refractivity contribution in [3.63, 3.8) is 0 Å². The normalized spacial score (nSPS) is 16.7. The molecule has 0 spiro atoms. The lowest BCUT2D eigenvalue weighted by atomic mass is 9.80. The summed E-state index contributed by atoms with van der Waals surface area (Å²) in [6, 6.07) is 8.00. The lowest BCUT2D eigenvalue weighted by Gasteiger charge is -2.40. The monoisotopic (exact) mass is 272 g/mol. The van der Waals surface area contributed by atoms with Gasteiger partial charge in [0.1, 0.15) is 11.6 Å². The van der Waals surface area contributed by atoms with E-state index in [0.717, 1.165) is 41.7 Å². The van der Waals surface area contributed by atoms with E-state index in [-0.39, 0.29) is 5.60 Å². The minimum absolute atomic E-state index is 0.0112. The number of anilines is 1. The summed E-state index contributed by atoms with van der Waals surface area (Å²) >= 11 is 0. The van der Waals surface area contributed by atoms with Crippen molar-refractivity contribution < 1.29 is 9.47 Å². The molecule has 0 bridgehead atoms. The van der Waals surface area contributed by atoms with Crippen LogP contribution in [0, 0.1) is 0 Å². The Labute approximate surface area is 119 Å². The van der Waals surface area contributed by atoms with Crippen LogP contribution in [0.25, 0.3) is 10.8 Å². The van der Waals surface area contributed by atoms with E-state index in [2.05, 4.69) is 16.4 Å². The zero-order chi connectivity index (χ0) is 14.0. The van der Waals surface area contributed by atoms with Gasteiger partial charge in [-0.15, -0.1) is 0 Å². The highest BCUT2D eigenvalue weighted by Gasteiger charge is 2.36. The molecule has 3 rings (SSSR count). The van der Waals surface area contributed by atoms with Gasteiger partial charge in [0.25, 0.3) is 0 Å². The standard InChI is InChI=1S/C16H20N2O2/c1-19-14-6-3-5-13-12(14)7-10-17-15(13)18-11-16(20-2)8-4-9-16/h3,5-7,10H,4,8-9,11H2,1-2H3,(H,17,18). The molecule has 2 aromatic rings. The number of ether oxygens (including phenoxy) is 2.